The van der Waals surface area contributed by atoms with Crippen LogP contribution in [0.5, 0.6) is 0 Å². The second-order valence-electron chi connectivity index (χ2n) is 16.2. The number of fused-ring (bicyclic) bond motifs is 9. The number of aromatic nitrogens is 3. The summed E-state index contributed by atoms with van der Waals surface area (Å²) in [7, 11) is 0. The summed E-state index contributed by atoms with van der Waals surface area (Å²) in [6.07, 6.45) is 0. The van der Waals surface area contributed by atoms with Gasteiger partial charge in [-0.3, -0.25) is 0 Å². The standard InChI is InChI=1S/C55H36N6/c1-32-13-21-48-40(25-32)41-26-33(2)14-22-49(41)60(48)54-44(30-57)53(59-46-11-7-5-9-38(46)39-10-6-8-12-47(39)59)45(31-58)55(52(54)37-19-17-36(29-56)18-20-37)61-50-23-15-34(3)27-42(50)43-28-35(4)16-24-51(43)61/h5-28H,1-4H3. The molecule has 0 aliphatic rings. The summed E-state index contributed by atoms with van der Waals surface area (Å²) in [6, 6.07) is 57.7. The van der Waals surface area contributed by atoms with Gasteiger partial charge in [-0.2, -0.15) is 15.8 Å². The molecule has 0 spiro atoms. The first-order chi connectivity index (χ1) is 29.8. The zero-order valence-electron chi connectivity index (χ0n) is 34.0. The van der Waals surface area contributed by atoms with Crippen molar-refractivity contribution in [3.05, 3.63) is 185 Å². The lowest BCUT2D eigenvalue weighted by atomic mass is 9.91. The van der Waals surface area contributed by atoms with Crippen molar-refractivity contribution in [2.24, 2.45) is 0 Å². The van der Waals surface area contributed by atoms with E-state index in [-0.39, 0.29) is 0 Å². The van der Waals surface area contributed by atoms with E-state index in [0.717, 1.165) is 93.2 Å². The number of benzene rings is 8. The second-order valence-corrected chi connectivity index (χ2v) is 16.2. The maximum Gasteiger partial charge on any atom is 0.104 e. The highest BCUT2D eigenvalue weighted by atomic mass is 15.1. The van der Waals surface area contributed by atoms with Gasteiger partial charge in [0.15, 0.2) is 0 Å². The molecule has 6 nitrogen and oxygen atoms in total. The third-order valence-electron chi connectivity index (χ3n) is 12.4. The van der Waals surface area contributed by atoms with E-state index in [1.165, 1.54) is 0 Å². The normalized spacial score (nSPS) is 11.6. The molecule has 0 unspecified atom stereocenters. The highest BCUT2D eigenvalue weighted by Crippen LogP contribution is 2.49. The van der Waals surface area contributed by atoms with Gasteiger partial charge in [0, 0.05) is 37.9 Å². The van der Waals surface area contributed by atoms with Crippen molar-refractivity contribution in [2.75, 3.05) is 0 Å². The van der Waals surface area contributed by atoms with Crippen LogP contribution >= 0.6 is 0 Å². The summed E-state index contributed by atoms with van der Waals surface area (Å²) < 4.78 is 6.60. The van der Waals surface area contributed by atoms with E-state index >= 15 is 0 Å². The van der Waals surface area contributed by atoms with Gasteiger partial charge in [0.05, 0.1) is 61.8 Å². The Morgan fingerprint density at radius 2 is 0.689 bits per heavy atom. The Kier molecular flexibility index (Phi) is 7.82. The van der Waals surface area contributed by atoms with Crippen LogP contribution in [0.25, 0.3) is 93.6 Å². The Balaban J connectivity index is 1.48. The number of rotatable bonds is 4. The lowest BCUT2D eigenvalue weighted by Gasteiger charge is -2.26. The molecule has 3 heterocycles. The monoisotopic (exact) mass is 780 g/mol. The van der Waals surface area contributed by atoms with Crippen molar-refractivity contribution >= 4 is 65.4 Å². The minimum Gasteiger partial charge on any atom is -0.307 e. The van der Waals surface area contributed by atoms with E-state index in [4.69, 9.17) is 0 Å². The lowest BCUT2D eigenvalue weighted by molar-refractivity contribution is 1.08. The van der Waals surface area contributed by atoms with Gasteiger partial charge >= 0.3 is 0 Å². The maximum atomic E-state index is 11.9. The van der Waals surface area contributed by atoms with E-state index in [2.05, 4.69) is 157 Å². The summed E-state index contributed by atoms with van der Waals surface area (Å²) in [6.45, 7) is 8.42. The van der Waals surface area contributed by atoms with E-state index in [9.17, 15) is 15.8 Å². The first kappa shape index (κ1) is 35.8. The Morgan fingerprint density at radius 3 is 1.05 bits per heavy atom. The minimum atomic E-state index is 0.360. The average Bonchev–Trinajstić information content (AvgIpc) is 3.89. The van der Waals surface area contributed by atoms with Crippen molar-refractivity contribution in [3.8, 4) is 46.4 Å². The first-order valence-corrected chi connectivity index (χ1v) is 20.4. The van der Waals surface area contributed by atoms with Crippen molar-refractivity contribution < 1.29 is 0 Å². The van der Waals surface area contributed by atoms with E-state index in [1.807, 2.05) is 48.5 Å². The smallest absolute Gasteiger partial charge is 0.104 e. The van der Waals surface area contributed by atoms with Crippen molar-refractivity contribution in [1.82, 2.24) is 13.7 Å². The van der Waals surface area contributed by atoms with Crippen LogP contribution in [-0.2, 0) is 0 Å². The molecule has 6 heteroatoms. The van der Waals surface area contributed by atoms with Gasteiger partial charge in [-0.15, -0.1) is 0 Å². The molecule has 11 aromatic rings. The van der Waals surface area contributed by atoms with Gasteiger partial charge in [-0.25, -0.2) is 0 Å². The summed E-state index contributed by atoms with van der Waals surface area (Å²) in [5, 5.41) is 40.2. The Labute approximate surface area is 352 Å². The largest absolute Gasteiger partial charge is 0.307 e. The number of aryl methyl sites for hydroxylation is 4. The fourth-order valence-corrected chi connectivity index (χ4v) is 9.73. The van der Waals surface area contributed by atoms with Gasteiger partial charge in [-0.05, 0) is 106 Å². The summed E-state index contributed by atoms with van der Waals surface area (Å²) in [5.41, 5.74) is 14.6. The third kappa shape index (κ3) is 5.12. The van der Waals surface area contributed by atoms with Gasteiger partial charge in [-0.1, -0.05) is 95.1 Å². The fourth-order valence-electron chi connectivity index (χ4n) is 9.73. The molecule has 0 saturated heterocycles. The molecule has 0 saturated carbocycles. The second kappa shape index (κ2) is 13.3. The van der Waals surface area contributed by atoms with Gasteiger partial charge in [0.25, 0.3) is 0 Å². The molecule has 0 aliphatic heterocycles. The van der Waals surface area contributed by atoms with Crippen LogP contribution in [-0.4, -0.2) is 13.7 Å². The van der Waals surface area contributed by atoms with Crippen molar-refractivity contribution in [2.45, 2.75) is 27.7 Å². The maximum absolute atomic E-state index is 11.9. The predicted octanol–water partition coefficient (Wildman–Crippen LogP) is 13.5. The number of para-hydroxylation sites is 2. The van der Waals surface area contributed by atoms with Gasteiger partial charge in [0.1, 0.15) is 23.3 Å². The van der Waals surface area contributed by atoms with Crippen LogP contribution in [0.2, 0.25) is 0 Å². The highest BCUT2D eigenvalue weighted by Gasteiger charge is 2.33. The SMILES string of the molecule is Cc1ccc2c(c1)c1cc(C)ccc1n2-c1c(C#N)c(-n2c3ccccc3c3ccccc32)c(C#N)c(-n2c3ccc(C)cc3c3cc(C)ccc32)c1-c1ccc(C#N)cc1. The summed E-state index contributed by atoms with van der Waals surface area (Å²) in [4.78, 5) is 0. The molecule has 0 aliphatic carbocycles. The topological polar surface area (TPSA) is 86.2 Å². The first-order valence-electron chi connectivity index (χ1n) is 20.4. The van der Waals surface area contributed by atoms with E-state index in [1.54, 1.807) is 0 Å². The van der Waals surface area contributed by atoms with Gasteiger partial charge in [0.2, 0.25) is 0 Å². The Morgan fingerprint density at radius 1 is 0.344 bits per heavy atom. The molecule has 8 aromatic carbocycles. The lowest BCUT2D eigenvalue weighted by Crippen LogP contribution is -2.14. The molecule has 0 amide bonds. The zero-order valence-corrected chi connectivity index (χ0v) is 34.0. The van der Waals surface area contributed by atoms with E-state index in [0.29, 0.717) is 39.3 Å². The molecular weight excluding hydrogens is 745 g/mol. The van der Waals surface area contributed by atoms with Crippen molar-refractivity contribution in [3.63, 3.8) is 0 Å². The Hall–Kier alpha value is -8.37. The third-order valence-corrected chi connectivity index (χ3v) is 12.4. The van der Waals surface area contributed by atoms with Gasteiger partial charge < -0.3 is 13.7 Å². The molecule has 0 radical (unpaired) electrons. The molecule has 11 rings (SSSR count). The fraction of sp³-hybridized carbons (Fsp3) is 0.0727. The molecular formula is C55H36N6. The molecule has 61 heavy (non-hydrogen) atoms. The molecule has 3 aromatic heterocycles. The van der Waals surface area contributed by atoms with Crippen LogP contribution in [0, 0.1) is 61.7 Å². The summed E-state index contributed by atoms with van der Waals surface area (Å²) >= 11 is 0. The Bertz CT molecular complexity index is 3490. The van der Waals surface area contributed by atoms with Crippen LogP contribution in [0.1, 0.15) is 38.9 Å². The molecule has 0 fully saturated rings. The molecule has 0 atom stereocenters. The molecule has 0 N–H and O–H groups in total. The van der Waals surface area contributed by atoms with Crippen LogP contribution in [0.3, 0.4) is 0 Å². The van der Waals surface area contributed by atoms with Crippen LogP contribution in [0.15, 0.2) is 146 Å². The van der Waals surface area contributed by atoms with Crippen molar-refractivity contribution in [1.29, 1.82) is 15.8 Å². The zero-order chi connectivity index (χ0) is 41.7. The quantitative estimate of drug-likeness (QED) is 0.178. The number of hydrogen-bond donors (Lipinski definition) is 0. The number of nitrogens with zero attached hydrogens (tertiary/aromatic N) is 6. The predicted molar refractivity (Wildman–Crippen MR) is 248 cm³/mol. The van der Waals surface area contributed by atoms with Crippen LogP contribution in [0.4, 0.5) is 0 Å². The molecule has 0 bridgehead atoms. The average molecular weight is 781 g/mol. The number of nitriles is 3. The summed E-state index contributed by atoms with van der Waals surface area (Å²) in [5.74, 6) is 0. The van der Waals surface area contributed by atoms with Crippen LogP contribution < -0.4 is 0 Å². The van der Waals surface area contributed by atoms with E-state index < -0.39 is 0 Å². The minimum absolute atomic E-state index is 0.360. The highest BCUT2D eigenvalue weighted by molar-refractivity contribution is 6.15. The molecule has 286 valence electrons. The number of hydrogen-bond acceptors (Lipinski definition) is 3.